The van der Waals surface area contributed by atoms with E-state index in [-0.39, 0.29) is 40.0 Å². The van der Waals surface area contributed by atoms with Crippen LogP contribution in [0.25, 0.3) is 5.69 Å². The quantitative estimate of drug-likeness (QED) is 0.600. The first-order valence-electron chi connectivity index (χ1n) is 4.68. The van der Waals surface area contributed by atoms with E-state index in [1.54, 1.807) is 0 Å². The van der Waals surface area contributed by atoms with E-state index in [0.29, 0.717) is 0 Å². The van der Waals surface area contributed by atoms with Crippen molar-refractivity contribution in [2.45, 2.75) is 20.8 Å². The number of benzene rings is 1. The van der Waals surface area contributed by atoms with Crippen LogP contribution in [0.5, 0.6) is 0 Å². The molecule has 1 aromatic heterocycles. The number of nitrogens with zero attached hydrogens (tertiary/aromatic N) is 4. The van der Waals surface area contributed by atoms with Crippen molar-refractivity contribution in [3.05, 3.63) is 42.6 Å². The van der Waals surface area contributed by atoms with Crippen LogP contribution in [0.15, 0.2) is 30.3 Å². The van der Waals surface area contributed by atoms with Crippen molar-refractivity contribution in [2.75, 3.05) is 0 Å². The van der Waals surface area contributed by atoms with Crippen molar-refractivity contribution in [2.24, 2.45) is 0 Å². The maximum absolute atomic E-state index is 3.69. The molecule has 17 heavy (non-hydrogen) atoms. The summed E-state index contributed by atoms with van der Waals surface area (Å²) in [6.07, 6.45) is 2.60. The van der Waals surface area contributed by atoms with Gasteiger partial charge in [0.05, 0.1) is 0 Å². The number of hydrogen-bond donors (Lipinski definition) is 0. The second kappa shape index (κ2) is 10.7. The maximum atomic E-state index is 3.69. The molecule has 0 N–H and O–H groups in total. The molecule has 6 heteroatoms. The summed E-state index contributed by atoms with van der Waals surface area (Å²) in [4.78, 5) is 0. The van der Waals surface area contributed by atoms with Crippen molar-refractivity contribution in [3.63, 3.8) is 0 Å². The SMILES string of the molecule is Br.C[C-](C)C.[Mg+2].[c-]1nnnn1-c1ccccc1. The van der Waals surface area contributed by atoms with Gasteiger partial charge in [0.2, 0.25) is 0 Å². The largest absolute Gasteiger partial charge is 2.00 e. The van der Waals surface area contributed by atoms with E-state index in [1.165, 1.54) is 10.6 Å². The topological polar surface area (TPSA) is 43.6 Å². The molecule has 0 unspecified atom stereocenters. The molecule has 0 amide bonds. The summed E-state index contributed by atoms with van der Waals surface area (Å²) >= 11 is 0. The Balaban J connectivity index is 0. The van der Waals surface area contributed by atoms with Gasteiger partial charge in [-0.1, -0.05) is 29.1 Å². The monoisotopic (exact) mass is 306 g/mol. The Morgan fingerprint density at radius 1 is 1.12 bits per heavy atom. The van der Waals surface area contributed by atoms with Crippen LogP contribution < -0.4 is 0 Å². The molecule has 0 aliphatic heterocycles. The fraction of sp³-hybridized carbons (Fsp3) is 0.273. The number of tetrazole rings is 1. The molecule has 0 saturated heterocycles. The van der Waals surface area contributed by atoms with Crippen LogP contribution in [0.1, 0.15) is 20.8 Å². The molecule has 2 rings (SSSR count). The molecule has 0 atom stereocenters. The normalized spacial score (nSPS) is 8.47. The Hall–Kier alpha value is -0.464. The predicted molar refractivity (Wildman–Crippen MR) is 74.3 cm³/mol. The van der Waals surface area contributed by atoms with Gasteiger partial charge in [-0.05, 0) is 11.5 Å². The van der Waals surface area contributed by atoms with Gasteiger partial charge in [0.25, 0.3) is 0 Å². The van der Waals surface area contributed by atoms with Crippen LogP contribution in [-0.2, 0) is 0 Å². The van der Waals surface area contributed by atoms with E-state index in [4.69, 9.17) is 0 Å². The van der Waals surface area contributed by atoms with Crippen LogP contribution in [-0.4, -0.2) is 43.3 Å². The van der Waals surface area contributed by atoms with E-state index >= 15 is 0 Å². The van der Waals surface area contributed by atoms with Gasteiger partial charge < -0.3 is 10.6 Å². The summed E-state index contributed by atoms with van der Waals surface area (Å²) in [6, 6.07) is 9.60. The fourth-order valence-electron chi connectivity index (χ4n) is 0.821. The number of rotatable bonds is 1. The first kappa shape index (κ1) is 18.9. The molecule has 0 saturated carbocycles. The Bertz CT molecular complexity index is 361. The minimum absolute atomic E-state index is 0. The Labute approximate surface area is 129 Å². The summed E-state index contributed by atoms with van der Waals surface area (Å²) in [5.41, 5.74) is 0.914. The number of hydrogen-bond acceptors (Lipinski definition) is 3. The maximum Gasteiger partial charge on any atom is 2.00 e. The van der Waals surface area contributed by atoms with Crippen LogP contribution in [0.2, 0.25) is 0 Å². The molecule has 0 spiro atoms. The van der Waals surface area contributed by atoms with Gasteiger partial charge in [-0.15, -0.1) is 29.1 Å². The Morgan fingerprint density at radius 3 is 2.06 bits per heavy atom. The summed E-state index contributed by atoms with van der Waals surface area (Å²) < 4.78 is 1.49. The fourth-order valence-corrected chi connectivity index (χ4v) is 0.821. The van der Waals surface area contributed by atoms with E-state index in [1.807, 2.05) is 30.3 Å². The number of aromatic nitrogens is 4. The van der Waals surface area contributed by atoms with E-state index in [2.05, 4.69) is 42.6 Å². The van der Waals surface area contributed by atoms with Crippen molar-refractivity contribution in [1.29, 1.82) is 0 Å². The molecule has 88 valence electrons. The molecule has 0 fully saturated rings. The predicted octanol–water partition coefficient (Wildman–Crippen LogP) is 2.28. The molecule has 0 aliphatic rings. The molecule has 2 aromatic rings. The minimum Gasteiger partial charge on any atom is -0.363 e. The molecule has 4 nitrogen and oxygen atoms in total. The third-order valence-corrected chi connectivity index (χ3v) is 1.31. The van der Waals surface area contributed by atoms with E-state index in [9.17, 15) is 0 Å². The van der Waals surface area contributed by atoms with Crippen LogP contribution in [0, 0.1) is 12.2 Å². The van der Waals surface area contributed by atoms with Crippen molar-refractivity contribution in [3.8, 4) is 5.69 Å². The Kier molecular flexibility index (Phi) is 11.9. The Morgan fingerprint density at radius 2 is 1.65 bits per heavy atom. The average Bonchev–Trinajstić information content (AvgIpc) is 2.71. The second-order valence-corrected chi connectivity index (χ2v) is 3.53. The van der Waals surface area contributed by atoms with Crippen molar-refractivity contribution >= 4 is 40.0 Å². The standard InChI is InChI=1S/C7H5N4.C4H9.BrH.Mg/c1-2-4-7(5-3-1)11-6-8-9-10-11;1-4(2)3;;/h1-5H;1-3H3;1H;/q2*-1;;+2. The zero-order valence-electron chi connectivity index (χ0n) is 10.3. The van der Waals surface area contributed by atoms with Crippen molar-refractivity contribution < 1.29 is 0 Å². The zero-order chi connectivity index (χ0) is 11.1. The van der Waals surface area contributed by atoms with Gasteiger partial charge >= 0.3 is 23.1 Å². The molecular formula is C11H15BrMgN4. The smallest absolute Gasteiger partial charge is 0.363 e. The van der Waals surface area contributed by atoms with Gasteiger partial charge in [-0.25, -0.2) is 5.10 Å². The van der Waals surface area contributed by atoms with Crippen LogP contribution >= 0.6 is 17.0 Å². The molecule has 1 aromatic carbocycles. The van der Waals surface area contributed by atoms with Crippen LogP contribution in [0.4, 0.5) is 0 Å². The van der Waals surface area contributed by atoms with Gasteiger partial charge in [0, 0.05) is 0 Å². The second-order valence-electron chi connectivity index (χ2n) is 3.53. The van der Waals surface area contributed by atoms with Crippen molar-refractivity contribution in [1.82, 2.24) is 20.2 Å². The zero-order valence-corrected chi connectivity index (χ0v) is 13.4. The number of para-hydroxylation sites is 1. The van der Waals surface area contributed by atoms with Crippen LogP contribution in [0.3, 0.4) is 0 Å². The average molecular weight is 307 g/mol. The molecule has 0 bridgehead atoms. The number of halogens is 1. The third kappa shape index (κ3) is 8.29. The van der Waals surface area contributed by atoms with Gasteiger partial charge in [-0.2, -0.15) is 20.8 Å². The molecule has 0 radical (unpaired) electrons. The first-order valence-corrected chi connectivity index (χ1v) is 4.68. The summed E-state index contributed by atoms with van der Waals surface area (Å²) in [5.74, 6) is 1.42. The summed E-state index contributed by atoms with van der Waals surface area (Å²) in [5, 5.41) is 10.6. The van der Waals surface area contributed by atoms with Gasteiger partial charge in [-0.3, -0.25) is 0 Å². The molecule has 0 aliphatic carbocycles. The third-order valence-electron chi connectivity index (χ3n) is 1.31. The minimum atomic E-state index is 0. The first-order chi connectivity index (χ1) is 7.20. The van der Waals surface area contributed by atoms with Gasteiger partial charge in [0.1, 0.15) is 0 Å². The summed E-state index contributed by atoms with van der Waals surface area (Å²) in [6.45, 7) is 6.25. The molecular weight excluding hydrogens is 292 g/mol. The van der Waals surface area contributed by atoms with E-state index in [0.717, 1.165) is 5.69 Å². The van der Waals surface area contributed by atoms with E-state index < -0.39 is 0 Å². The molecule has 1 heterocycles. The van der Waals surface area contributed by atoms with Gasteiger partial charge in [0.15, 0.2) is 0 Å². The summed E-state index contributed by atoms with van der Waals surface area (Å²) in [7, 11) is 0.